The second kappa shape index (κ2) is 8.30. The first-order chi connectivity index (χ1) is 7.81. The monoisotopic (exact) mass is 256 g/mol. The van der Waals surface area contributed by atoms with Crippen LogP contribution in [0.1, 0.15) is 13.8 Å². The molecule has 0 unspecified atom stereocenters. The molecule has 7 heteroatoms. The van der Waals surface area contributed by atoms with Gasteiger partial charge < -0.3 is 15.4 Å². The number of amides is 1. The van der Waals surface area contributed by atoms with Gasteiger partial charge >= 0.3 is 6.18 Å². The van der Waals surface area contributed by atoms with E-state index in [9.17, 15) is 18.0 Å². The minimum atomic E-state index is -4.29. The van der Waals surface area contributed by atoms with E-state index in [4.69, 9.17) is 4.74 Å². The van der Waals surface area contributed by atoms with E-state index in [0.29, 0.717) is 25.7 Å². The molecule has 0 heterocycles. The molecule has 0 saturated carbocycles. The van der Waals surface area contributed by atoms with Gasteiger partial charge in [-0.15, -0.1) is 0 Å². The summed E-state index contributed by atoms with van der Waals surface area (Å²) in [5, 5.41) is 4.46. The van der Waals surface area contributed by atoms with Crippen LogP contribution < -0.4 is 10.6 Å². The van der Waals surface area contributed by atoms with Crippen molar-refractivity contribution in [1.82, 2.24) is 10.6 Å². The summed E-state index contributed by atoms with van der Waals surface area (Å²) >= 11 is 0. The zero-order valence-electron chi connectivity index (χ0n) is 10.1. The number of hydrogen-bond acceptors (Lipinski definition) is 3. The molecule has 0 aromatic rings. The van der Waals surface area contributed by atoms with Crippen molar-refractivity contribution in [2.45, 2.75) is 20.0 Å². The molecule has 2 N–H and O–H groups in total. The second-order valence-corrected chi connectivity index (χ2v) is 4.04. The van der Waals surface area contributed by atoms with Gasteiger partial charge in [-0.05, 0) is 5.92 Å². The third-order valence-electron chi connectivity index (χ3n) is 1.63. The predicted octanol–water partition coefficient (Wildman–Crippen LogP) is 0.927. The molecule has 0 rings (SSSR count). The maximum atomic E-state index is 11.7. The average Bonchev–Trinajstić information content (AvgIpc) is 2.14. The molecule has 0 spiro atoms. The van der Waals surface area contributed by atoms with Gasteiger partial charge in [0.15, 0.2) is 0 Å². The van der Waals surface area contributed by atoms with Gasteiger partial charge in [0, 0.05) is 13.2 Å². The molecule has 0 aromatic heterocycles. The molecule has 0 aliphatic carbocycles. The van der Waals surface area contributed by atoms with E-state index in [1.54, 1.807) is 0 Å². The van der Waals surface area contributed by atoms with Crippen LogP contribution in [0, 0.1) is 5.92 Å². The number of halogens is 3. The molecular weight excluding hydrogens is 237 g/mol. The van der Waals surface area contributed by atoms with Crippen LogP contribution in [0.15, 0.2) is 0 Å². The molecule has 4 nitrogen and oxygen atoms in total. The highest BCUT2D eigenvalue weighted by molar-refractivity contribution is 5.77. The summed E-state index contributed by atoms with van der Waals surface area (Å²) in [7, 11) is 0. The van der Waals surface area contributed by atoms with E-state index >= 15 is 0 Å². The van der Waals surface area contributed by atoms with E-state index in [0.717, 1.165) is 0 Å². The van der Waals surface area contributed by atoms with Crippen LogP contribution in [0.3, 0.4) is 0 Å². The fourth-order valence-corrected chi connectivity index (χ4v) is 0.962. The Kier molecular flexibility index (Phi) is 7.90. The van der Waals surface area contributed by atoms with Crippen molar-refractivity contribution < 1.29 is 22.7 Å². The van der Waals surface area contributed by atoms with Gasteiger partial charge in [-0.3, -0.25) is 4.79 Å². The lowest BCUT2D eigenvalue weighted by atomic mass is 10.2. The maximum absolute atomic E-state index is 11.7. The zero-order valence-corrected chi connectivity index (χ0v) is 10.1. The third kappa shape index (κ3) is 13.1. The quantitative estimate of drug-likeness (QED) is 0.635. The Balaban J connectivity index is 3.35. The molecule has 17 heavy (non-hydrogen) atoms. The predicted molar refractivity (Wildman–Crippen MR) is 57.6 cm³/mol. The molecule has 0 fully saturated rings. The zero-order chi connectivity index (χ0) is 13.3. The number of alkyl halides is 3. The van der Waals surface area contributed by atoms with Crippen LogP contribution >= 0.6 is 0 Å². The maximum Gasteiger partial charge on any atom is 0.401 e. The topological polar surface area (TPSA) is 50.4 Å². The molecule has 0 bridgehead atoms. The van der Waals surface area contributed by atoms with E-state index in [-0.39, 0.29) is 6.54 Å². The summed E-state index contributed by atoms with van der Waals surface area (Å²) in [5.74, 6) is -0.0541. The van der Waals surface area contributed by atoms with Crippen LogP contribution in [0.2, 0.25) is 0 Å². The first kappa shape index (κ1) is 16.2. The van der Waals surface area contributed by atoms with Gasteiger partial charge in [-0.1, -0.05) is 13.8 Å². The minimum Gasteiger partial charge on any atom is -0.379 e. The summed E-state index contributed by atoms with van der Waals surface area (Å²) in [6.07, 6.45) is -4.29. The van der Waals surface area contributed by atoms with Crippen LogP contribution in [0.4, 0.5) is 13.2 Å². The van der Waals surface area contributed by atoms with Gasteiger partial charge in [-0.25, -0.2) is 0 Å². The van der Waals surface area contributed by atoms with Crippen molar-refractivity contribution in [3.05, 3.63) is 0 Å². The number of carbonyl (C=O) groups excluding carboxylic acids is 1. The highest BCUT2D eigenvalue weighted by Crippen LogP contribution is 2.11. The fourth-order valence-electron chi connectivity index (χ4n) is 0.962. The lowest BCUT2D eigenvalue weighted by Crippen LogP contribution is -2.39. The van der Waals surface area contributed by atoms with Gasteiger partial charge in [-0.2, -0.15) is 13.2 Å². The Bertz CT molecular complexity index is 220. The Labute approximate surface area is 98.9 Å². The van der Waals surface area contributed by atoms with Crippen molar-refractivity contribution in [2.75, 3.05) is 32.8 Å². The van der Waals surface area contributed by atoms with Crippen molar-refractivity contribution in [2.24, 2.45) is 5.92 Å². The first-order valence-electron chi connectivity index (χ1n) is 5.43. The van der Waals surface area contributed by atoms with Gasteiger partial charge in [0.25, 0.3) is 0 Å². The molecule has 102 valence electrons. The minimum absolute atomic E-state index is 0.305. The molecule has 0 saturated heterocycles. The highest BCUT2D eigenvalue weighted by Gasteiger charge is 2.26. The molecular formula is C10H19F3N2O2. The molecule has 0 aliphatic heterocycles. The van der Waals surface area contributed by atoms with E-state index in [1.165, 1.54) is 0 Å². The lowest BCUT2D eigenvalue weighted by molar-refractivity contribution is -0.128. The summed E-state index contributed by atoms with van der Waals surface area (Å²) in [4.78, 5) is 11.0. The standard InChI is InChI=1S/C10H19F3N2O2/c1-8(2)6-17-4-3-15-9(16)5-14-7-10(11,12)13/h8,14H,3-7H2,1-2H3,(H,15,16). The number of rotatable bonds is 8. The van der Waals surface area contributed by atoms with Crippen LogP contribution in [0.25, 0.3) is 0 Å². The Morgan fingerprint density at radius 3 is 2.53 bits per heavy atom. The molecule has 0 radical (unpaired) electrons. The summed E-state index contributed by atoms with van der Waals surface area (Å²) in [5.41, 5.74) is 0. The van der Waals surface area contributed by atoms with Crippen molar-refractivity contribution in [3.63, 3.8) is 0 Å². The smallest absolute Gasteiger partial charge is 0.379 e. The summed E-state index contributed by atoms with van der Waals surface area (Å²) < 4.78 is 40.3. The Morgan fingerprint density at radius 2 is 2.00 bits per heavy atom. The molecule has 0 aromatic carbocycles. The van der Waals surface area contributed by atoms with E-state index in [1.807, 2.05) is 19.2 Å². The molecule has 0 atom stereocenters. The van der Waals surface area contributed by atoms with Crippen molar-refractivity contribution in [1.29, 1.82) is 0 Å². The molecule has 1 amide bonds. The number of hydrogen-bond donors (Lipinski definition) is 2. The largest absolute Gasteiger partial charge is 0.401 e. The van der Waals surface area contributed by atoms with Crippen molar-refractivity contribution in [3.8, 4) is 0 Å². The first-order valence-corrected chi connectivity index (χ1v) is 5.43. The number of nitrogens with one attached hydrogen (secondary N) is 2. The SMILES string of the molecule is CC(C)COCCNC(=O)CNCC(F)(F)F. The van der Waals surface area contributed by atoms with Crippen LogP contribution in [-0.2, 0) is 9.53 Å². The normalized spacial score (nSPS) is 11.9. The van der Waals surface area contributed by atoms with E-state index < -0.39 is 18.6 Å². The van der Waals surface area contributed by atoms with Crippen LogP contribution in [-0.4, -0.2) is 44.9 Å². The Morgan fingerprint density at radius 1 is 1.35 bits per heavy atom. The van der Waals surface area contributed by atoms with E-state index in [2.05, 4.69) is 5.32 Å². The lowest BCUT2D eigenvalue weighted by Gasteiger charge is -2.09. The fraction of sp³-hybridized carbons (Fsp3) is 0.900. The van der Waals surface area contributed by atoms with Gasteiger partial charge in [0.05, 0.1) is 19.7 Å². The van der Waals surface area contributed by atoms with Gasteiger partial charge in [0.2, 0.25) is 5.91 Å². The molecule has 0 aliphatic rings. The average molecular weight is 256 g/mol. The summed E-state index contributed by atoms with van der Waals surface area (Å²) in [6.45, 7) is 3.76. The number of ether oxygens (including phenoxy) is 1. The number of carbonyl (C=O) groups is 1. The van der Waals surface area contributed by atoms with Crippen LogP contribution in [0.5, 0.6) is 0 Å². The highest BCUT2D eigenvalue weighted by atomic mass is 19.4. The second-order valence-electron chi connectivity index (χ2n) is 4.04. The summed E-state index contributed by atoms with van der Waals surface area (Å²) in [6, 6.07) is 0. The van der Waals surface area contributed by atoms with Gasteiger partial charge in [0.1, 0.15) is 0 Å². The Hall–Kier alpha value is -0.820. The third-order valence-corrected chi connectivity index (χ3v) is 1.63. The van der Waals surface area contributed by atoms with Crippen molar-refractivity contribution >= 4 is 5.91 Å².